The van der Waals surface area contributed by atoms with Crippen LogP contribution >= 0.6 is 15.9 Å². The Hall–Kier alpha value is -2.22. The summed E-state index contributed by atoms with van der Waals surface area (Å²) in [7, 11) is 0. The molecule has 0 radical (unpaired) electrons. The van der Waals surface area contributed by atoms with Gasteiger partial charge in [0.1, 0.15) is 6.17 Å². The summed E-state index contributed by atoms with van der Waals surface area (Å²) in [5.41, 5.74) is 8.09. The molecule has 1 aromatic carbocycles. The molecule has 1 unspecified atom stereocenters. The number of imidazole rings is 1. The SMILES string of the molecule is CC(F)Cn1c(Br)nc2c(N)nc(OCCCc3ccccc3)nc21. The number of ether oxygens (including phenoxy) is 1. The van der Waals surface area contributed by atoms with E-state index in [4.69, 9.17) is 10.5 Å². The monoisotopic (exact) mass is 407 g/mol. The van der Waals surface area contributed by atoms with Gasteiger partial charge in [0.15, 0.2) is 21.7 Å². The van der Waals surface area contributed by atoms with Gasteiger partial charge in [-0.2, -0.15) is 9.97 Å². The van der Waals surface area contributed by atoms with Crippen molar-refractivity contribution >= 4 is 32.9 Å². The quantitative estimate of drug-likeness (QED) is 0.478. The van der Waals surface area contributed by atoms with Gasteiger partial charge >= 0.3 is 6.01 Å². The van der Waals surface area contributed by atoms with E-state index in [0.29, 0.717) is 22.5 Å². The molecule has 8 heteroatoms. The van der Waals surface area contributed by atoms with Crippen LogP contribution in [0, 0.1) is 0 Å². The number of alkyl halides is 1. The Bertz CT molecular complexity index is 853. The van der Waals surface area contributed by atoms with Crippen molar-refractivity contribution in [3.8, 4) is 6.01 Å². The van der Waals surface area contributed by atoms with Crippen molar-refractivity contribution in [3.05, 3.63) is 40.6 Å². The summed E-state index contributed by atoms with van der Waals surface area (Å²) < 4.78 is 21.1. The maximum absolute atomic E-state index is 13.4. The molecule has 0 aliphatic rings. The fourth-order valence-electron chi connectivity index (χ4n) is 2.54. The average molecular weight is 408 g/mol. The van der Waals surface area contributed by atoms with E-state index < -0.39 is 6.17 Å². The second kappa shape index (κ2) is 7.77. The van der Waals surface area contributed by atoms with E-state index in [2.05, 4.69) is 43.0 Å². The molecule has 1 atom stereocenters. The van der Waals surface area contributed by atoms with Crippen molar-refractivity contribution in [1.29, 1.82) is 0 Å². The van der Waals surface area contributed by atoms with Gasteiger partial charge in [0.25, 0.3) is 0 Å². The average Bonchev–Trinajstić information content (AvgIpc) is 2.89. The molecular formula is C17H19BrFN5O. The minimum atomic E-state index is -1.04. The Morgan fingerprint density at radius 3 is 2.72 bits per heavy atom. The Balaban J connectivity index is 1.71. The summed E-state index contributed by atoms with van der Waals surface area (Å²) in [5, 5.41) is 0. The molecule has 0 saturated carbocycles. The summed E-state index contributed by atoms with van der Waals surface area (Å²) >= 11 is 3.31. The van der Waals surface area contributed by atoms with Crippen LogP contribution < -0.4 is 10.5 Å². The summed E-state index contributed by atoms with van der Waals surface area (Å²) in [6.45, 7) is 2.07. The van der Waals surface area contributed by atoms with Gasteiger partial charge in [0.2, 0.25) is 0 Å². The van der Waals surface area contributed by atoms with Crippen molar-refractivity contribution in [2.24, 2.45) is 0 Å². The molecule has 0 fully saturated rings. The lowest BCUT2D eigenvalue weighted by Gasteiger charge is -2.08. The van der Waals surface area contributed by atoms with Crippen LogP contribution in [0.5, 0.6) is 6.01 Å². The van der Waals surface area contributed by atoms with E-state index in [1.807, 2.05) is 18.2 Å². The fourth-order valence-corrected chi connectivity index (χ4v) is 3.03. The lowest BCUT2D eigenvalue weighted by atomic mass is 10.1. The Morgan fingerprint density at radius 1 is 1.24 bits per heavy atom. The van der Waals surface area contributed by atoms with Gasteiger partial charge in [-0.05, 0) is 41.3 Å². The van der Waals surface area contributed by atoms with Gasteiger partial charge in [0.05, 0.1) is 13.2 Å². The molecule has 25 heavy (non-hydrogen) atoms. The summed E-state index contributed by atoms with van der Waals surface area (Å²) in [6, 6.07) is 10.4. The molecule has 0 aliphatic heterocycles. The summed E-state index contributed by atoms with van der Waals surface area (Å²) in [6.07, 6.45) is 0.692. The highest BCUT2D eigenvalue weighted by atomic mass is 79.9. The van der Waals surface area contributed by atoms with Crippen LogP contribution in [0.15, 0.2) is 35.1 Å². The van der Waals surface area contributed by atoms with Crippen molar-refractivity contribution in [2.75, 3.05) is 12.3 Å². The molecule has 0 saturated heterocycles. The molecule has 132 valence electrons. The minimum absolute atomic E-state index is 0.126. The number of rotatable bonds is 7. The van der Waals surface area contributed by atoms with Crippen LogP contribution in [-0.2, 0) is 13.0 Å². The number of hydrogen-bond donors (Lipinski definition) is 1. The maximum atomic E-state index is 13.4. The fraction of sp³-hybridized carbons (Fsp3) is 0.353. The molecule has 6 nitrogen and oxygen atoms in total. The standard InChI is InChI=1S/C17H19BrFN5O/c1-11(19)10-24-15-13(21-16(24)18)14(20)22-17(23-15)25-9-5-8-12-6-3-2-4-7-12/h2-4,6-7,11H,5,8-10H2,1H3,(H2,20,22,23). The van der Waals surface area contributed by atoms with Crippen molar-refractivity contribution < 1.29 is 9.13 Å². The van der Waals surface area contributed by atoms with E-state index in [9.17, 15) is 4.39 Å². The van der Waals surface area contributed by atoms with Crippen molar-refractivity contribution in [2.45, 2.75) is 32.5 Å². The van der Waals surface area contributed by atoms with Crippen LogP contribution in [0.1, 0.15) is 18.9 Å². The highest BCUT2D eigenvalue weighted by Crippen LogP contribution is 2.25. The van der Waals surface area contributed by atoms with Gasteiger partial charge in [0, 0.05) is 0 Å². The number of aryl methyl sites for hydroxylation is 1. The first kappa shape index (κ1) is 17.6. The number of halogens is 2. The van der Waals surface area contributed by atoms with Gasteiger partial charge in [-0.1, -0.05) is 30.3 Å². The highest BCUT2D eigenvalue weighted by Gasteiger charge is 2.17. The Morgan fingerprint density at radius 2 is 2.00 bits per heavy atom. The highest BCUT2D eigenvalue weighted by molar-refractivity contribution is 9.10. The number of hydrogen-bond acceptors (Lipinski definition) is 5. The van der Waals surface area contributed by atoms with Crippen molar-refractivity contribution in [1.82, 2.24) is 19.5 Å². The van der Waals surface area contributed by atoms with Crippen LogP contribution in [0.25, 0.3) is 11.2 Å². The number of fused-ring (bicyclic) bond motifs is 1. The van der Waals surface area contributed by atoms with Gasteiger partial charge in [-0.25, -0.2) is 9.37 Å². The van der Waals surface area contributed by atoms with E-state index in [0.717, 1.165) is 12.8 Å². The largest absolute Gasteiger partial charge is 0.463 e. The first-order valence-electron chi connectivity index (χ1n) is 8.04. The number of nitrogens with two attached hydrogens (primary N) is 1. The second-order valence-corrected chi connectivity index (χ2v) is 6.48. The third kappa shape index (κ3) is 4.25. The lowest BCUT2D eigenvalue weighted by Crippen LogP contribution is -2.10. The molecular weight excluding hydrogens is 389 g/mol. The lowest BCUT2D eigenvalue weighted by molar-refractivity contribution is 0.287. The van der Waals surface area contributed by atoms with Crippen LogP contribution in [0.3, 0.4) is 0 Å². The first-order chi connectivity index (χ1) is 12.0. The maximum Gasteiger partial charge on any atom is 0.320 e. The molecule has 3 aromatic rings. The predicted octanol–water partition coefficient (Wildman–Crippen LogP) is 3.54. The molecule has 2 aromatic heterocycles. The molecule has 0 bridgehead atoms. The molecule has 2 heterocycles. The first-order valence-corrected chi connectivity index (χ1v) is 8.84. The Labute approximate surface area is 153 Å². The molecule has 3 rings (SSSR count). The second-order valence-electron chi connectivity index (χ2n) is 5.77. The zero-order chi connectivity index (χ0) is 17.8. The third-order valence-electron chi connectivity index (χ3n) is 3.67. The van der Waals surface area contributed by atoms with E-state index in [1.165, 1.54) is 12.5 Å². The number of nitrogen functional groups attached to an aromatic ring is 1. The normalized spacial score (nSPS) is 12.4. The Kier molecular flexibility index (Phi) is 5.47. The van der Waals surface area contributed by atoms with E-state index >= 15 is 0 Å². The molecule has 0 spiro atoms. The number of nitrogens with zero attached hydrogens (tertiary/aromatic N) is 4. The van der Waals surface area contributed by atoms with Gasteiger partial charge < -0.3 is 15.0 Å². The summed E-state index contributed by atoms with van der Waals surface area (Å²) in [4.78, 5) is 12.7. The number of aromatic nitrogens is 4. The van der Waals surface area contributed by atoms with Crippen LogP contribution in [0.4, 0.5) is 10.2 Å². The number of anilines is 1. The smallest absolute Gasteiger partial charge is 0.320 e. The molecule has 2 N–H and O–H groups in total. The molecule has 0 aliphatic carbocycles. The van der Waals surface area contributed by atoms with Gasteiger partial charge in [-0.15, -0.1) is 0 Å². The zero-order valence-corrected chi connectivity index (χ0v) is 15.4. The van der Waals surface area contributed by atoms with E-state index in [1.54, 1.807) is 4.57 Å². The van der Waals surface area contributed by atoms with Gasteiger partial charge in [-0.3, -0.25) is 0 Å². The van der Waals surface area contributed by atoms with E-state index in [-0.39, 0.29) is 18.4 Å². The minimum Gasteiger partial charge on any atom is -0.463 e. The topological polar surface area (TPSA) is 78.9 Å². The number of benzene rings is 1. The van der Waals surface area contributed by atoms with Crippen LogP contribution in [0.2, 0.25) is 0 Å². The van der Waals surface area contributed by atoms with Crippen molar-refractivity contribution in [3.63, 3.8) is 0 Å². The zero-order valence-electron chi connectivity index (χ0n) is 13.8. The van der Waals surface area contributed by atoms with Crippen LogP contribution in [-0.4, -0.2) is 32.3 Å². The third-order valence-corrected chi connectivity index (χ3v) is 4.28. The predicted molar refractivity (Wildman–Crippen MR) is 98.3 cm³/mol. The summed E-state index contributed by atoms with van der Waals surface area (Å²) in [5.74, 6) is 0.217. The molecule has 0 amide bonds.